The first-order chi connectivity index (χ1) is 23.0. The first-order valence-electron chi connectivity index (χ1n) is 16.1. The number of para-hydroxylation sites is 1. The topological polar surface area (TPSA) is 111 Å². The van der Waals surface area contributed by atoms with E-state index in [1.165, 1.54) is 12.1 Å². The van der Waals surface area contributed by atoms with E-state index >= 15 is 0 Å². The molecule has 0 amide bonds. The molecule has 0 bridgehead atoms. The van der Waals surface area contributed by atoms with E-state index in [2.05, 4.69) is 34.9 Å². The second-order valence-electron chi connectivity index (χ2n) is 11.4. The Morgan fingerprint density at radius 1 is 0.745 bits per heavy atom. The predicted molar refractivity (Wildman–Crippen MR) is 182 cm³/mol. The summed E-state index contributed by atoms with van der Waals surface area (Å²) in [4.78, 5) is 27.0. The van der Waals surface area contributed by atoms with Crippen LogP contribution >= 0.6 is 0 Å². The van der Waals surface area contributed by atoms with Crippen molar-refractivity contribution in [3.63, 3.8) is 0 Å². The van der Waals surface area contributed by atoms with E-state index < -0.39 is 11.9 Å². The number of benzene rings is 4. The Morgan fingerprint density at radius 3 is 2.13 bits per heavy atom. The summed E-state index contributed by atoms with van der Waals surface area (Å²) in [5, 5.41) is 18.3. The molecule has 0 saturated heterocycles. The van der Waals surface area contributed by atoms with E-state index in [4.69, 9.17) is 19.6 Å². The van der Waals surface area contributed by atoms with E-state index in [0.717, 1.165) is 46.8 Å². The Hall–Kier alpha value is -5.37. The van der Waals surface area contributed by atoms with Crippen LogP contribution in [0.1, 0.15) is 54.4 Å². The fourth-order valence-electron chi connectivity index (χ4n) is 5.62. The highest BCUT2D eigenvalue weighted by Gasteiger charge is 2.16. The van der Waals surface area contributed by atoms with E-state index in [0.29, 0.717) is 44.5 Å². The fraction of sp³-hybridized carbons (Fsp3) is 0.256. The number of carbonyl (C=O) groups is 2. The molecule has 5 aromatic rings. The van der Waals surface area contributed by atoms with Gasteiger partial charge in [-0.25, -0.2) is 9.78 Å². The summed E-state index contributed by atoms with van der Waals surface area (Å²) in [6.45, 7) is 1.29. The van der Waals surface area contributed by atoms with Gasteiger partial charge in [0.1, 0.15) is 11.5 Å². The lowest BCUT2D eigenvalue weighted by molar-refractivity contribution is -0.137. The van der Waals surface area contributed by atoms with Gasteiger partial charge in [-0.3, -0.25) is 4.79 Å². The molecule has 242 valence electrons. The first kappa shape index (κ1) is 33.0. The van der Waals surface area contributed by atoms with Gasteiger partial charge in [0.15, 0.2) is 0 Å². The van der Waals surface area contributed by atoms with Gasteiger partial charge >= 0.3 is 11.9 Å². The van der Waals surface area contributed by atoms with Crippen LogP contribution in [0, 0.1) is 0 Å². The summed E-state index contributed by atoms with van der Waals surface area (Å²) < 4.78 is 14.8. The van der Waals surface area contributed by atoms with Crippen molar-refractivity contribution in [1.82, 2.24) is 9.55 Å². The van der Waals surface area contributed by atoms with Crippen molar-refractivity contribution in [1.29, 1.82) is 0 Å². The van der Waals surface area contributed by atoms with Crippen molar-refractivity contribution < 1.29 is 29.3 Å². The summed E-state index contributed by atoms with van der Waals surface area (Å²) in [6, 6.07) is 35.0. The second-order valence-corrected chi connectivity index (χ2v) is 11.4. The monoisotopic (exact) mass is 632 g/mol. The molecule has 0 fully saturated rings. The van der Waals surface area contributed by atoms with Gasteiger partial charge < -0.3 is 24.3 Å². The lowest BCUT2D eigenvalue weighted by Gasteiger charge is -2.20. The van der Waals surface area contributed by atoms with Crippen LogP contribution < -0.4 is 9.47 Å². The molecule has 0 aliphatic rings. The molecule has 0 spiro atoms. The number of hydrogen-bond acceptors (Lipinski definition) is 5. The summed E-state index contributed by atoms with van der Waals surface area (Å²) in [5.74, 6) is -0.370. The van der Waals surface area contributed by atoms with Crippen molar-refractivity contribution >= 4 is 11.9 Å². The van der Waals surface area contributed by atoms with Crippen molar-refractivity contribution in [2.24, 2.45) is 0 Å². The Morgan fingerprint density at radius 2 is 1.43 bits per heavy atom. The highest BCUT2D eigenvalue weighted by Crippen LogP contribution is 2.31. The molecule has 2 N–H and O–H groups in total. The molecular formula is C39H40N2O6. The Bertz CT molecular complexity index is 1720. The maximum absolute atomic E-state index is 11.2. The molecule has 1 heterocycles. The number of aromatic carboxylic acids is 1. The van der Waals surface area contributed by atoms with Gasteiger partial charge in [0.2, 0.25) is 0 Å². The number of aromatic nitrogens is 2. The van der Waals surface area contributed by atoms with Crippen LogP contribution in [-0.2, 0) is 17.8 Å². The van der Waals surface area contributed by atoms with Gasteiger partial charge in [0, 0.05) is 24.1 Å². The number of aryl methyl sites for hydroxylation is 2. The van der Waals surface area contributed by atoms with Crippen molar-refractivity contribution in [3.05, 3.63) is 127 Å². The van der Waals surface area contributed by atoms with Crippen LogP contribution in [0.4, 0.5) is 0 Å². The lowest BCUT2D eigenvalue weighted by atomic mass is 10.0. The summed E-state index contributed by atoms with van der Waals surface area (Å²) in [5.41, 5.74) is 5.52. The van der Waals surface area contributed by atoms with Crippen molar-refractivity contribution in [3.8, 4) is 34.0 Å². The second kappa shape index (κ2) is 16.8. The van der Waals surface area contributed by atoms with Gasteiger partial charge in [0.05, 0.1) is 36.0 Å². The minimum absolute atomic E-state index is 0.121. The standard InChI is InChI=1S/C39H40N2O6/c42-36(43)19-10-8-17-33(47-34-24-21-32(22-25-34)39(44)45)23-20-29-12-7-9-18-35(29)46-27-11-26-41-28-40-37(30-13-3-1-4-14-30)38(41)31-15-5-2-6-16-31/h1-7,9,12-16,18,21-22,24-25,28,33H,8,10-11,17,19-20,23,26-27H2,(H,42,43)(H,44,45). The molecule has 0 radical (unpaired) electrons. The highest BCUT2D eigenvalue weighted by molar-refractivity contribution is 5.87. The average molecular weight is 633 g/mol. The van der Waals surface area contributed by atoms with Crippen LogP contribution in [0.15, 0.2) is 116 Å². The van der Waals surface area contributed by atoms with Crippen LogP contribution in [0.3, 0.4) is 0 Å². The number of carboxylic acids is 2. The van der Waals surface area contributed by atoms with Crippen LogP contribution in [0.25, 0.3) is 22.5 Å². The number of unbranched alkanes of at least 4 members (excludes halogenated alkanes) is 1. The molecule has 4 aromatic carbocycles. The van der Waals surface area contributed by atoms with Gasteiger partial charge in [-0.05, 0) is 74.4 Å². The van der Waals surface area contributed by atoms with Gasteiger partial charge in [-0.2, -0.15) is 0 Å². The number of aliphatic carboxylic acids is 1. The molecule has 47 heavy (non-hydrogen) atoms. The minimum atomic E-state index is -0.989. The number of carboxylic acid groups (broad SMARTS) is 2. The number of rotatable bonds is 18. The average Bonchev–Trinajstić information content (AvgIpc) is 3.52. The fourth-order valence-corrected chi connectivity index (χ4v) is 5.62. The highest BCUT2D eigenvalue weighted by atomic mass is 16.5. The van der Waals surface area contributed by atoms with Crippen LogP contribution in [0.2, 0.25) is 0 Å². The maximum atomic E-state index is 11.2. The SMILES string of the molecule is O=C(O)CCCCC(CCc1ccccc1OCCCn1cnc(-c2ccccc2)c1-c1ccccc1)Oc1ccc(C(=O)O)cc1. The first-order valence-corrected chi connectivity index (χ1v) is 16.1. The predicted octanol–water partition coefficient (Wildman–Crippen LogP) is 8.41. The molecular weight excluding hydrogens is 592 g/mol. The molecule has 1 aromatic heterocycles. The zero-order valence-corrected chi connectivity index (χ0v) is 26.3. The molecule has 8 heteroatoms. The maximum Gasteiger partial charge on any atom is 0.335 e. The number of nitrogens with zero attached hydrogens (tertiary/aromatic N) is 2. The summed E-state index contributed by atoms with van der Waals surface area (Å²) >= 11 is 0. The Kier molecular flexibility index (Phi) is 11.8. The lowest BCUT2D eigenvalue weighted by Crippen LogP contribution is -2.18. The Labute approximate surface area is 275 Å². The van der Waals surface area contributed by atoms with Crippen LogP contribution in [0.5, 0.6) is 11.5 Å². The molecule has 0 aliphatic carbocycles. The Balaban J connectivity index is 1.21. The zero-order chi connectivity index (χ0) is 32.8. The third kappa shape index (κ3) is 9.56. The zero-order valence-electron chi connectivity index (χ0n) is 26.3. The van der Waals surface area contributed by atoms with E-state index in [1.54, 1.807) is 12.1 Å². The van der Waals surface area contributed by atoms with Crippen molar-refractivity contribution in [2.75, 3.05) is 6.61 Å². The smallest absolute Gasteiger partial charge is 0.335 e. The molecule has 1 atom stereocenters. The third-order valence-electron chi connectivity index (χ3n) is 8.01. The third-order valence-corrected chi connectivity index (χ3v) is 8.01. The molecule has 0 saturated carbocycles. The van der Waals surface area contributed by atoms with E-state index in [1.807, 2.05) is 60.9 Å². The molecule has 0 aliphatic heterocycles. The van der Waals surface area contributed by atoms with E-state index in [-0.39, 0.29) is 18.1 Å². The summed E-state index contributed by atoms with van der Waals surface area (Å²) in [6.07, 6.45) is 6.05. The van der Waals surface area contributed by atoms with E-state index in [9.17, 15) is 14.7 Å². The largest absolute Gasteiger partial charge is 0.493 e. The van der Waals surface area contributed by atoms with Gasteiger partial charge in [-0.1, -0.05) is 78.9 Å². The molecule has 8 nitrogen and oxygen atoms in total. The van der Waals surface area contributed by atoms with Crippen molar-refractivity contribution in [2.45, 2.75) is 57.6 Å². The number of imidazole rings is 1. The van der Waals surface area contributed by atoms with Crippen LogP contribution in [-0.4, -0.2) is 44.4 Å². The van der Waals surface area contributed by atoms with Gasteiger partial charge in [-0.15, -0.1) is 0 Å². The number of ether oxygens (including phenoxy) is 2. The normalized spacial score (nSPS) is 11.6. The quantitative estimate of drug-likeness (QED) is 0.0933. The molecule has 1 unspecified atom stereocenters. The molecule has 5 rings (SSSR count). The van der Waals surface area contributed by atoms with Gasteiger partial charge in [0.25, 0.3) is 0 Å². The minimum Gasteiger partial charge on any atom is -0.493 e. The summed E-state index contributed by atoms with van der Waals surface area (Å²) in [7, 11) is 0. The number of hydrogen-bond donors (Lipinski definition) is 2.